The van der Waals surface area contributed by atoms with Gasteiger partial charge in [0.05, 0.1) is 18.1 Å². The van der Waals surface area contributed by atoms with Crippen molar-refractivity contribution in [2.24, 2.45) is 0 Å². The molecular weight excluding hydrogens is 392 g/mol. The number of carbonyl (C=O) groups is 2. The third-order valence-electron chi connectivity index (χ3n) is 4.38. The smallest absolute Gasteiger partial charge is 0.340 e. The molecule has 1 aromatic heterocycles. The van der Waals surface area contributed by atoms with Crippen molar-refractivity contribution >= 4 is 22.9 Å². The number of esters is 2. The van der Waals surface area contributed by atoms with Crippen LogP contribution in [0.2, 0.25) is 0 Å². The van der Waals surface area contributed by atoms with Gasteiger partial charge in [0.2, 0.25) is 5.43 Å². The van der Waals surface area contributed by atoms with Crippen molar-refractivity contribution in [1.29, 1.82) is 0 Å². The molecule has 0 aliphatic rings. The van der Waals surface area contributed by atoms with Crippen LogP contribution in [-0.4, -0.2) is 32.3 Å². The molecule has 8 heteroatoms. The van der Waals surface area contributed by atoms with Crippen molar-refractivity contribution in [1.82, 2.24) is 0 Å². The van der Waals surface area contributed by atoms with Gasteiger partial charge in [0.15, 0.2) is 17.6 Å². The molecule has 156 valence electrons. The van der Waals surface area contributed by atoms with Gasteiger partial charge in [-0.25, -0.2) is 4.79 Å². The predicted octanol–water partition coefficient (Wildman–Crippen LogP) is 3.33. The first-order chi connectivity index (χ1) is 14.3. The average molecular weight is 412 g/mol. The summed E-state index contributed by atoms with van der Waals surface area (Å²) in [4.78, 5) is 36.1. The van der Waals surface area contributed by atoms with Crippen LogP contribution in [0, 0.1) is 0 Å². The second-order valence-electron chi connectivity index (χ2n) is 6.39. The van der Waals surface area contributed by atoms with E-state index in [9.17, 15) is 14.4 Å². The Morgan fingerprint density at radius 3 is 2.30 bits per heavy atom. The van der Waals surface area contributed by atoms with Crippen LogP contribution in [0.3, 0.4) is 0 Å². The number of hydrogen-bond donors (Lipinski definition) is 0. The molecule has 2 aromatic carbocycles. The van der Waals surface area contributed by atoms with Crippen LogP contribution in [0.5, 0.6) is 17.2 Å². The molecule has 0 radical (unpaired) electrons. The molecule has 30 heavy (non-hydrogen) atoms. The first-order valence-electron chi connectivity index (χ1n) is 9.01. The van der Waals surface area contributed by atoms with E-state index in [1.165, 1.54) is 39.5 Å². The molecule has 0 bridgehead atoms. The van der Waals surface area contributed by atoms with E-state index in [2.05, 4.69) is 0 Å². The van der Waals surface area contributed by atoms with Gasteiger partial charge in [0, 0.05) is 20.1 Å². The third-order valence-corrected chi connectivity index (χ3v) is 4.38. The standard InChI is InChI=1S/C22H20O8/c1-12(26-3)22(25)30-20-10-18-16(9-19(20)27-4)21(24)17(11-28-18)14-5-7-15(8-6-14)29-13(2)23/h5-12H,1-4H3/t12-/m0/s1. The summed E-state index contributed by atoms with van der Waals surface area (Å²) in [6.07, 6.45) is 0.552. The van der Waals surface area contributed by atoms with E-state index in [-0.39, 0.29) is 27.9 Å². The molecule has 0 aliphatic heterocycles. The summed E-state index contributed by atoms with van der Waals surface area (Å²) in [6.45, 7) is 2.86. The Morgan fingerprint density at radius 1 is 1.00 bits per heavy atom. The van der Waals surface area contributed by atoms with E-state index in [4.69, 9.17) is 23.4 Å². The molecule has 0 saturated carbocycles. The highest BCUT2D eigenvalue weighted by molar-refractivity contribution is 5.86. The number of ether oxygens (including phenoxy) is 4. The Morgan fingerprint density at radius 2 is 1.70 bits per heavy atom. The summed E-state index contributed by atoms with van der Waals surface area (Å²) >= 11 is 0. The average Bonchev–Trinajstić information content (AvgIpc) is 2.73. The fourth-order valence-electron chi connectivity index (χ4n) is 2.73. The lowest BCUT2D eigenvalue weighted by Gasteiger charge is -2.13. The summed E-state index contributed by atoms with van der Waals surface area (Å²) in [5.41, 5.74) is 0.841. The van der Waals surface area contributed by atoms with E-state index in [1.54, 1.807) is 31.2 Å². The Balaban J connectivity index is 2.01. The van der Waals surface area contributed by atoms with Crippen LogP contribution in [0.25, 0.3) is 22.1 Å². The van der Waals surface area contributed by atoms with Gasteiger partial charge in [-0.1, -0.05) is 12.1 Å². The number of fused-ring (bicyclic) bond motifs is 1. The summed E-state index contributed by atoms with van der Waals surface area (Å²) in [7, 11) is 2.79. The predicted molar refractivity (Wildman–Crippen MR) is 108 cm³/mol. The summed E-state index contributed by atoms with van der Waals surface area (Å²) in [5.74, 6) is -0.359. The molecule has 1 heterocycles. The summed E-state index contributed by atoms with van der Waals surface area (Å²) in [5, 5.41) is 0.257. The molecule has 8 nitrogen and oxygen atoms in total. The second kappa shape index (κ2) is 8.79. The first-order valence-corrected chi connectivity index (χ1v) is 9.01. The minimum absolute atomic E-state index is 0.112. The molecule has 0 amide bonds. The van der Waals surface area contributed by atoms with E-state index < -0.39 is 18.0 Å². The van der Waals surface area contributed by atoms with E-state index in [1.807, 2.05) is 0 Å². The van der Waals surface area contributed by atoms with Crippen molar-refractivity contribution in [3.63, 3.8) is 0 Å². The molecule has 3 aromatic rings. The zero-order valence-electron chi connectivity index (χ0n) is 16.9. The van der Waals surface area contributed by atoms with Crippen molar-refractivity contribution in [3.8, 4) is 28.4 Å². The van der Waals surface area contributed by atoms with E-state index >= 15 is 0 Å². The Bertz CT molecular complexity index is 1140. The van der Waals surface area contributed by atoms with E-state index in [0.29, 0.717) is 16.9 Å². The molecule has 1 atom stereocenters. The van der Waals surface area contributed by atoms with Crippen molar-refractivity contribution in [3.05, 3.63) is 52.9 Å². The number of methoxy groups -OCH3 is 2. The third kappa shape index (κ3) is 4.33. The van der Waals surface area contributed by atoms with Crippen LogP contribution in [-0.2, 0) is 14.3 Å². The fourth-order valence-corrected chi connectivity index (χ4v) is 2.73. The van der Waals surface area contributed by atoms with Gasteiger partial charge >= 0.3 is 11.9 Å². The molecule has 0 unspecified atom stereocenters. The van der Waals surface area contributed by atoms with Crippen molar-refractivity contribution in [2.45, 2.75) is 20.0 Å². The second-order valence-corrected chi connectivity index (χ2v) is 6.39. The lowest BCUT2D eigenvalue weighted by Crippen LogP contribution is -2.24. The highest BCUT2D eigenvalue weighted by Gasteiger charge is 2.19. The van der Waals surface area contributed by atoms with Crippen molar-refractivity contribution in [2.75, 3.05) is 14.2 Å². The maximum absolute atomic E-state index is 13.0. The van der Waals surface area contributed by atoms with Gasteiger partial charge in [-0.3, -0.25) is 9.59 Å². The SMILES string of the molecule is COc1cc2c(=O)c(-c3ccc(OC(C)=O)cc3)coc2cc1OC(=O)[C@H](C)OC. The highest BCUT2D eigenvalue weighted by Crippen LogP contribution is 2.33. The molecule has 0 aliphatic carbocycles. The highest BCUT2D eigenvalue weighted by atomic mass is 16.6. The molecule has 0 saturated heterocycles. The van der Waals surface area contributed by atoms with Crippen LogP contribution < -0.4 is 19.6 Å². The normalized spacial score (nSPS) is 11.7. The Labute approximate surface area is 171 Å². The Kier molecular flexibility index (Phi) is 6.17. The van der Waals surface area contributed by atoms with E-state index in [0.717, 1.165) is 0 Å². The van der Waals surface area contributed by atoms with Crippen LogP contribution >= 0.6 is 0 Å². The van der Waals surface area contributed by atoms with Crippen LogP contribution in [0.4, 0.5) is 0 Å². The quantitative estimate of drug-likeness (QED) is 0.449. The number of benzene rings is 2. The Hall–Kier alpha value is -3.65. The summed E-state index contributed by atoms with van der Waals surface area (Å²) < 4.78 is 26.1. The monoisotopic (exact) mass is 412 g/mol. The van der Waals surface area contributed by atoms with Gasteiger partial charge in [-0.05, 0) is 30.7 Å². The minimum Gasteiger partial charge on any atom is -0.493 e. The van der Waals surface area contributed by atoms with Crippen LogP contribution in [0.15, 0.2) is 51.9 Å². The maximum atomic E-state index is 13.0. The van der Waals surface area contributed by atoms with Gasteiger partial charge < -0.3 is 23.4 Å². The van der Waals surface area contributed by atoms with Gasteiger partial charge in [-0.15, -0.1) is 0 Å². The number of hydrogen-bond acceptors (Lipinski definition) is 8. The molecule has 3 rings (SSSR count). The number of carbonyl (C=O) groups excluding carboxylic acids is 2. The van der Waals surface area contributed by atoms with Crippen LogP contribution in [0.1, 0.15) is 13.8 Å². The fraction of sp³-hybridized carbons (Fsp3) is 0.227. The molecule has 0 spiro atoms. The lowest BCUT2D eigenvalue weighted by molar-refractivity contribution is -0.144. The molecular formula is C22H20O8. The topological polar surface area (TPSA) is 101 Å². The maximum Gasteiger partial charge on any atom is 0.340 e. The summed E-state index contributed by atoms with van der Waals surface area (Å²) in [6, 6.07) is 9.34. The zero-order chi connectivity index (χ0) is 21.8. The van der Waals surface area contributed by atoms with Gasteiger partial charge in [0.1, 0.15) is 17.6 Å². The first kappa shape index (κ1) is 21.1. The molecule has 0 fully saturated rings. The van der Waals surface area contributed by atoms with Gasteiger partial charge in [0.25, 0.3) is 0 Å². The van der Waals surface area contributed by atoms with Gasteiger partial charge in [-0.2, -0.15) is 0 Å². The lowest BCUT2D eigenvalue weighted by atomic mass is 10.1. The minimum atomic E-state index is -0.769. The zero-order valence-corrected chi connectivity index (χ0v) is 16.9. The molecule has 0 N–H and O–H groups in total. The number of rotatable bonds is 6. The largest absolute Gasteiger partial charge is 0.493 e. The van der Waals surface area contributed by atoms with Crippen molar-refractivity contribution < 1.29 is 33.0 Å².